The van der Waals surface area contributed by atoms with Gasteiger partial charge in [-0.1, -0.05) is 17.3 Å². The molecule has 0 aliphatic carbocycles. The number of ether oxygens (including phenoxy) is 2. The second kappa shape index (κ2) is 8.81. The maximum atomic E-state index is 13.0. The number of rotatable bonds is 8. The van der Waals surface area contributed by atoms with Crippen molar-refractivity contribution in [1.29, 1.82) is 0 Å². The lowest BCUT2D eigenvalue weighted by Gasteiger charge is -2.22. The fraction of sp³-hybridized carbons (Fsp3) is 0.273. The third-order valence-corrected chi connectivity index (χ3v) is 5.71. The van der Waals surface area contributed by atoms with Gasteiger partial charge in [0, 0.05) is 11.6 Å². The average molecular weight is 439 g/mol. The summed E-state index contributed by atoms with van der Waals surface area (Å²) in [6.07, 6.45) is 2.46. The summed E-state index contributed by atoms with van der Waals surface area (Å²) in [5.41, 5.74) is 1.41. The number of hydrogen-bond acceptors (Lipinski definition) is 8. The normalized spacial score (nSPS) is 14.0. The minimum atomic E-state index is -0.659. The molecular weight excluding hydrogens is 418 g/mol. The van der Waals surface area contributed by atoms with E-state index in [1.807, 2.05) is 6.26 Å². The highest BCUT2D eigenvalue weighted by molar-refractivity contribution is 7.98. The first kappa shape index (κ1) is 20.9. The number of amides is 2. The number of aromatic nitrogens is 2. The van der Waals surface area contributed by atoms with Crippen LogP contribution in [0.1, 0.15) is 39.1 Å². The van der Waals surface area contributed by atoms with Gasteiger partial charge < -0.3 is 14.0 Å². The minimum absolute atomic E-state index is 0.209. The second-order valence-electron chi connectivity index (χ2n) is 6.88. The van der Waals surface area contributed by atoms with Crippen LogP contribution in [0.5, 0.6) is 11.5 Å². The van der Waals surface area contributed by atoms with Crippen LogP contribution in [-0.2, 0) is 0 Å². The number of hydrogen-bond donors (Lipinski definition) is 0. The van der Waals surface area contributed by atoms with Gasteiger partial charge in [0.2, 0.25) is 11.7 Å². The summed E-state index contributed by atoms with van der Waals surface area (Å²) in [6.45, 7) is 0. The Kier molecular flexibility index (Phi) is 5.94. The van der Waals surface area contributed by atoms with Crippen molar-refractivity contribution in [2.75, 3.05) is 26.2 Å². The summed E-state index contributed by atoms with van der Waals surface area (Å²) in [7, 11) is 3.11. The molecule has 0 saturated carbocycles. The summed E-state index contributed by atoms with van der Waals surface area (Å²) < 4.78 is 16.1. The van der Waals surface area contributed by atoms with Crippen LogP contribution in [0.25, 0.3) is 11.4 Å². The van der Waals surface area contributed by atoms with Gasteiger partial charge in [0.1, 0.15) is 17.5 Å². The second-order valence-corrected chi connectivity index (χ2v) is 7.87. The number of nitrogens with zero attached hydrogens (tertiary/aromatic N) is 3. The largest absolute Gasteiger partial charge is 0.497 e. The van der Waals surface area contributed by atoms with Gasteiger partial charge in [0.05, 0.1) is 25.3 Å². The smallest absolute Gasteiger partial charge is 0.262 e. The van der Waals surface area contributed by atoms with Crippen molar-refractivity contribution in [1.82, 2.24) is 15.0 Å². The molecule has 0 fully saturated rings. The standard InChI is InChI=1S/C22H21N3O5S/c1-28-14-10-13(11-15(12-14)29-2)19-23-20(30-24-19)18(8-9-31-3)25-21(26)16-6-4-5-7-17(16)22(25)27/h4-7,10-12,18H,8-9H2,1-3H3. The van der Waals surface area contributed by atoms with Crippen LogP contribution in [0.4, 0.5) is 0 Å². The van der Waals surface area contributed by atoms with E-state index in [0.29, 0.717) is 46.2 Å². The summed E-state index contributed by atoms with van der Waals surface area (Å²) >= 11 is 1.61. The monoisotopic (exact) mass is 439 g/mol. The summed E-state index contributed by atoms with van der Waals surface area (Å²) in [5.74, 6) is 1.70. The van der Waals surface area contributed by atoms with E-state index in [1.54, 1.807) is 68.4 Å². The molecule has 9 heteroatoms. The summed E-state index contributed by atoms with van der Waals surface area (Å²) in [5, 5.41) is 4.08. The van der Waals surface area contributed by atoms with Gasteiger partial charge in [-0.15, -0.1) is 0 Å². The molecule has 160 valence electrons. The van der Waals surface area contributed by atoms with Crippen LogP contribution in [0.15, 0.2) is 47.0 Å². The minimum Gasteiger partial charge on any atom is -0.497 e. The molecule has 1 atom stereocenters. The Morgan fingerprint density at radius 2 is 1.65 bits per heavy atom. The molecule has 1 aromatic heterocycles. The lowest BCUT2D eigenvalue weighted by molar-refractivity contribution is 0.0548. The number of methoxy groups -OCH3 is 2. The molecule has 2 amide bonds. The number of benzene rings is 2. The zero-order valence-corrected chi connectivity index (χ0v) is 18.1. The fourth-order valence-electron chi connectivity index (χ4n) is 3.51. The predicted octanol–water partition coefficient (Wildman–Crippen LogP) is 3.84. The molecule has 0 saturated heterocycles. The first-order valence-electron chi connectivity index (χ1n) is 9.60. The highest BCUT2D eigenvalue weighted by Gasteiger charge is 2.42. The molecule has 4 rings (SSSR count). The summed E-state index contributed by atoms with van der Waals surface area (Å²) in [4.78, 5) is 31.8. The highest BCUT2D eigenvalue weighted by Crippen LogP contribution is 2.35. The Bertz CT molecular complexity index is 1070. The molecule has 8 nitrogen and oxygen atoms in total. The Balaban J connectivity index is 1.71. The fourth-order valence-corrected chi connectivity index (χ4v) is 3.97. The van der Waals surface area contributed by atoms with Crippen LogP contribution >= 0.6 is 11.8 Å². The SMILES string of the molecule is COc1cc(OC)cc(-c2noc(C(CCSC)N3C(=O)c4ccccc4C3=O)n2)c1. The van der Waals surface area contributed by atoms with E-state index in [-0.39, 0.29) is 17.7 Å². The number of carbonyl (C=O) groups excluding carboxylic acids is 2. The van der Waals surface area contributed by atoms with Gasteiger partial charge in [-0.05, 0) is 42.7 Å². The van der Waals surface area contributed by atoms with Crippen molar-refractivity contribution in [2.24, 2.45) is 0 Å². The molecule has 2 heterocycles. The van der Waals surface area contributed by atoms with Gasteiger partial charge in [-0.25, -0.2) is 0 Å². The summed E-state index contributed by atoms with van der Waals surface area (Å²) in [6, 6.07) is 11.4. The first-order chi connectivity index (χ1) is 15.1. The molecule has 0 N–H and O–H groups in total. The Labute approximate surface area is 183 Å². The highest BCUT2D eigenvalue weighted by atomic mass is 32.2. The Morgan fingerprint density at radius 1 is 1.03 bits per heavy atom. The first-order valence-corrected chi connectivity index (χ1v) is 11.0. The zero-order chi connectivity index (χ0) is 22.0. The molecule has 0 radical (unpaired) electrons. The van der Waals surface area contributed by atoms with E-state index in [4.69, 9.17) is 14.0 Å². The molecule has 0 bridgehead atoms. The van der Waals surface area contributed by atoms with E-state index < -0.39 is 6.04 Å². The van der Waals surface area contributed by atoms with Crippen LogP contribution in [-0.4, -0.2) is 53.1 Å². The van der Waals surface area contributed by atoms with Crippen LogP contribution in [0.2, 0.25) is 0 Å². The zero-order valence-electron chi connectivity index (χ0n) is 17.3. The third-order valence-electron chi connectivity index (χ3n) is 5.07. The lowest BCUT2D eigenvalue weighted by Crippen LogP contribution is -2.34. The predicted molar refractivity (Wildman–Crippen MR) is 116 cm³/mol. The van der Waals surface area contributed by atoms with E-state index in [2.05, 4.69) is 10.1 Å². The average Bonchev–Trinajstić information content (AvgIpc) is 3.39. The van der Waals surface area contributed by atoms with E-state index >= 15 is 0 Å². The van der Waals surface area contributed by atoms with E-state index in [0.717, 1.165) is 0 Å². The number of fused-ring (bicyclic) bond motifs is 1. The molecule has 1 aliphatic rings. The van der Waals surface area contributed by atoms with Crippen molar-refractivity contribution in [3.63, 3.8) is 0 Å². The number of imide groups is 1. The Morgan fingerprint density at radius 3 is 2.19 bits per heavy atom. The van der Waals surface area contributed by atoms with Crippen molar-refractivity contribution in [3.05, 3.63) is 59.5 Å². The van der Waals surface area contributed by atoms with Crippen molar-refractivity contribution < 1.29 is 23.6 Å². The number of carbonyl (C=O) groups is 2. The molecule has 2 aromatic carbocycles. The molecule has 1 unspecified atom stereocenters. The molecule has 0 spiro atoms. The molecule has 1 aliphatic heterocycles. The third kappa shape index (κ3) is 3.88. The van der Waals surface area contributed by atoms with Gasteiger partial charge in [-0.3, -0.25) is 14.5 Å². The van der Waals surface area contributed by atoms with Gasteiger partial charge in [0.15, 0.2) is 0 Å². The van der Waals surface area contributed by atoms with Crippen molar-refractivity contribution >= 4 is 23.6 Å². The maximum absolute atomic E-state index is 13.0. The van der Waals surface area contributed by atoms with E-state index in [9.17, 15) is 9.59 Å². The van der Waals surface area contributed by atoms with Gasteiger partial charge in [0.25, 0.3) is 11.8 Å². The van der Waals surface area contributed by atoms with Crippen LogP contribution in [0, 0.1) is 0 Å². The molecular formula is C22H21N3O5S. The molecule has 3 aromatic rings. The van der Waals surface area contributed by atoms with Crippen molar-refractivity contribution in [2.45, 2.75) is 12.5 Å². The molecule has 31 heavy (non-hydrogen) atoms. The van der Waals surface area contributed by atoms with Crippen LogP contribution in [0.3, 0.4) is 0 Å². The lowest BCUT2D eigenvalue weighted by atomic mass is 10.1. The number of thioether (sulfide) groups is 1. The Hall–Kier alpha value is -3.33. The quantitative estimate of drug-likeness (QED) is 0.489. The van der Waals surface area contributed by atoms with Gasteiger partial charge in [-0.2, -0.15) is 16.7 Å². The topological polar surface area (TPSA) is 94.8 Å². The van der Waals surface area contributed by atoms with E-state index in [1.165, 1.54) is 4.90 Å². The van der Waals surface area contributed by atoms with Crippen molar-refractivity contribution in [3.8, 4) is 22.9 Å². The van der Waals surface area contributed by atoms with Gasteiger partial charge >= 0.3 is 0 Å². The van der Waals surface area contributed by atoms with Crippen LogP contribution < -0.4 is 9.47 Å². The maximum Gasteiger partial charge on any atom is 0.262 e.